The van der Waals surface area contributed by atoms with Crippen LogP contribution < -0.4 is 21.1 Å². The number of piperidine rings is 3. The predicted octanol–water partition coefficient (Wildman–Crippen LogP) is 1.82. The fraction of sp³-hybridized carbons (Fsp3) is 0.750. The van der Waals surface area contributed by atoms with Crippen LogP contribution in [0.15, 0.2) is 17.1 Å². The van der Waals surface area contributed by atoms with Crippen molar-refractivity contribution in [3.63, 3.8) is 0 Å². The van der Waals surface area contributed by atoms with E-state index in [4.69, 9.17) is 20.2 Å². The Morgan fingerprint density at radius 2 is 1.87 bits per heavy atom. The van der Waals surface area contributed by atoms with E-state index in [1.807, 2.05) is 0 Å². The molecule has 1 aromatic carbocycles. The van der Waals surface area contributed by atoms with E-state index in [0.717, 1.165) is 77.8 Å². The number of aromatic hydroxyl groups is 1. The number of nitrogens with two attached hydrogens (primary N) is 1. The SMILES string of the molecule is CC(=O)O[C@H]1C[C@@H](O)CC[C@]2(C#C[C@H]3CCC[C@H]4C[C@@H](CCN4)Oc4cc(c(C(O)O)cc4O)C[C@H]13)CCN1C[C@H]3C[C@@H](C1)CN(CN=C(N)NC2)C3. The normalized spacial score (nSPS) is 37.9. The third kappa shape index (κ3) is 9.58. The lowest BCUT2D eigenvalue weighted by Crippen LogP contribution is -2.53. The van der Waals surface area contributed by atoms with E-state index >= 15 is 0 Å². The zero-order valence-corrected chi connectivity index (χ0v) is 31.2. The Morgan fingerprint density at radius 1 is 1.08 bits per heavy atom. The topological polar surface area (TPSA) is 185 Å². The number of carbonyl (C=O) groups is 1. The molecule has 1 aromatic rings. The van der Waals surface area contributed by atoms with Gasteiger partial charge in [-0.05, 0) is 100 Å². The lowest BCUT2D eigenvalue weighted by atomic mass is 9.73. The highest BCUT2D eigenvalue weighted by molar-refractivity contribution is 5.77. The van der Waals surface area contributed by atoms with Crippen LogP contribution in [0.4, 0.5) is 0 Å². The van der Waals surface area contributed by atoms with Crippen molar-refractivity contribution in [1.82, 2.24) is 20.4 Å². The molecular weight excluding hydrogens is 676 g/mol. The number of guanidine groups is 1. The summed E-state index contributed by atoms with van der Waals surface area (Å²) >= 11 is 0. The van der Waals surface area contributed by atoms with Gasteiger partial charge in [-0.3, -0.25) is 9.69 Å². The summed E-state index contributed by atoms with van der Waals surface area (Å²) in [6.45, 7) is 8.37. The van der Waals surface area contributed by atoms with Crippen LogP contribution in [0.2, 0.25) is 0 Å². The van der Waals surface area contributed by atoms with Crippen LogP contribution in [0.25, 0.3) is 0 Å². The Hall–Kier alpha value is -3.12. The van der Waals surface area contributed by atoms with E-state index in [1.165, 1.54) is 19.4 Å². The first-order valence-electron chi connectivity index (χ1n) is 20.0. The van der Waals surface area contributed by atoms with E-state index in [-0.39, 0.29) is 42.2 Å². The number of esters is 1. The molecule has 1 aliphatic carbocycles. The molecule has 53 heavy (non-hydrogen) atoms. The highest BCUT2D eigenvalue weighted by Crippen LogP contribution is 2.40. The molecule has 7 aliphatic rings. The second kappa shape index (κ2) is 16.7. The standard InChI is InChI=1S/C40H60N6O7/c1-25(47)52-36-17-31(48)6-9-40(10-12-45-19-26-13-27(20-45)22-46(21-26)24-44-39(41)43-23-40)8-5-28-3-2-4-30-16-32(7-11-42-30)53-37-15-29(14-33(28)36)34(38(50)51)18-35(37)49/h15,18,26-28,30-33,36,38,42,48-51H,2-4,6-7,9-14,16-17,19-24H2,1H3,(H3,41,43,44)/t26-,27+,28-,30+,31+,32-,33+,36+,40-/m1/s1. The number of fused-ring (bicyclic) bond motifs is 9. The average Bonchev–Trinajstić information content (AvgIpc) is 3.12. The number of benzene rings is 1. The van der Waals surface area contributed by atoms with Crippen LogP contribution in [0.5, 0.6) is 11.5 Å². The van der Waals surface area contributed by atoms with E-state index in [2.05, 4.69) is 32.3 Å². The first kappa shape index (κ1) is 38.2. The lowest BCUT2D eigenvalue weighted by Gasteiger charge is -2.46. The number of nitrogens with zero attached hydrogens (tertiary/aromatic N) is 3. The first-order valence-corrected chi connectivity index (χ1v) is 20.0. The number of ether oxygens (including phenoxy) is 2. The molecule has 11 atom stereocenters. The van der Waals surface area contributed by atoms with Crippen LogP contribution in [0, 0.1) is 40.9 Å². The molecule has 8 bridgehead atoms. The summed E-state index contributed by atoms with van der Waals surface area (Å²) < 4.78 is 12.4. The highest BCUT2D eigenvalue weighted by atomic mass is 16.5. The lowest BCUT2D eigenvalue weighted by molar-refractivity contribution is -0.152. The second-order valence-electron chi connectivity index (χ2n) is 16.9. The summed E-state index contributed by atoms with van der Waals surface area (Å²) in [6, 6.07) is 3.31. The minimum atomic E-state index is -1.84. The molecule has 0 aromatic heterocycles. The Bertz CT molecular complexity index is 1530. The highest BCUT2D eigenvalue weighted by Gasteiger charge is 2.40. The Morgan fingerprint density at radius 3 is 2.64 bits per heavy atom. The Labute approximate surface area is 313 Å². The quantitative estimate of drug-likeness (QED) is 0.133. The number of aliphatic hydroxyl groups excluding tert-OH is 2. The molecule has 3 fully saturated rings. The van der Waals surface area contributed by atoms with Crippen molar-refractivity contribution in [1.29, 1.82) is 0 Å². The fourth-order valence-corrected chi connectivity index (χ4v) is 10.1. The summed E-state index contributed by atoms with van der Waals surface area (Å²) in [5.74, 6) is 8.28. The van der Waals surface area contributed by atoms with Crippen LogP contribution in [0.1, 0.15) is 88.5 Å². The van der Waals surface area contributed by atoms with Gasteiger partial charge < -0.3 is 51.2 Å². The molecule has 13 heteroatoms. The zero-order chi connectivity index (χ0) is 37.1. The zero-order valence-electron chi connectivity index (χ0n) is 31.2. The summed E-state index contributed by atoms with van der Waals surface area (Å²) in [6.07, 6.45) is 4.40. The maximum atomic E-state index is 12.7. The van der Waals surface area contributed by atoms with Gasteiger partial charge in [0.1, 0.15) is 12.2 Å². The van der Waals surface area contributed by atoms with Crippen LogP contribution in [0.3, 0.4) is 0 Å². The van der Waals surface area contributed by atoms with Gasteiger partial charge in [0, 0.05) is 69.5 Å². The summed E-state index contributed by atoms with van der Waals surface area (Å²) in [5, 5.41) is 50.8. The number of phenolic OH excluding ortho intramolecular Hbond substituents is 1. The number of hydrogen-bond donors (Lipinski definition) is 7. The van der Waals surface area contributed by atoms with Crippen molar-refractivity contribution >= 4 is 11.9 Å². The molecule has 6 heterocycles. The molecular formula is C40H60N6O7. The number of rotatable bonds is 2. The first-order chi connectivity index (χ1) is 25.5. The summed E-state index contributed by atoms with van der Waals surface area (Å²) in [7, 11) is 0. The van der Waals surface area contributed by atoms with Gasteiger partial charge in [-0.15, -0.1) is 0 Å². The molecule has 0 amide bonds. The Balaban J connectivity index is 1.29. The monoisotopic (exact) mass is 736 g/mol. The van der Waals surface area contributed by atoms with Crippen molar-refractivity contribution in [2.75, 3.05) is 52.5 Å². The predicted molar refractivity (Wildman–Crippen MR) is 200 cm³/mol. The maximum Gasteiger partial charge on any atom is 0.302 e. The van der Waals surface area contributed by atoms with Crippen molar-refractivity contribution in [3.8, 4) is 23.3 Å². The van der Waals surface area contributed by atoms with E-state index in [9.17, 15) is 25.2 Å². The minimum absolute atomic E-state index is 0.0954. The molecule has 13 nitrogen and oxygen atoms in total. The summed E-state index contributed by atoms with van der Waals surface area (Å²) in [5.41, 5.74) is 6.73. The number of nitrogens with one attached hydrogen (secondary N) is 2. The number of aliphatic imine (C=N–C) groups is 1. The smallest absolute Gasteiger partial charge is 0.302 e. The molecule has 2 unspecified atom stereocenters. The average molecular weight is 737 g/mol. The number of carbonyl (C=O) groups excluding carboxylic acids is 1. The Kier molecular flexibility index (Phi) is 12.0. The van der Waals surface area contributed by atoms with Gasteiger partial charge in [-0.25, -0.2) is 4.99 Å². The third-order valence-corrected chi connectivity index (χ3v) is 12.7. The maximum absolute atomic E-state index is 12.7. The van der Waals surface area contributed by atoms with Gasteiger partial charge in [0.05, 0.1) is 18.2 Å². The molecule has 0 saturated carbocycles. The molecule has 6 aliphatic heterocycles. The minimum Gasteiger partial charge on any atom is -0.504 e. The van der Waals surface area contributed by atoms with Gasteiger partial charge in [-0.2, -0.15) is 0 Å². The van der Waals surface area contributed by atoms with Crippen molar-refractivity contribution in [2.24, 2.45) is 39.8 Å². The second-order valence-corrected chi connectivity index (χ2v) is 16.9. The molecule has 0 radical (unpaired) electrons. The third-order valence-electron chi connectivity index (χ3n) is 12.7. The van der Waals surface area contributed by atoms with Gasteiger partial charge in [0.25, 0.3) is 0 Å². The molecule has 8 rings (SSSR count). The van der Waals surface area contributed by atoms with Gasteiger partial charge in [0.2, 0.25) is 0 Å². The van der Waals surface area contributed by atoms with E-state index < -0.39 is 35.8 Å². The fourth-order valence-electron chi connectivity index (χ4n) is 10.1. The number of hydrogen-bond acceptors (Lipinski definition) is 13. The van der Waals surface area contributed by atoms with E-state index in [0.29, 0.717) is 55.2 Å². The molecule has 8 N–H and O–H groups in total. The van der Waals surface area contributed by atoms with Crippen LogP contribution >= 0.6 is 0 Å². The van der Waals surface area contributed by atoms with Crippen molar-refractivity contribution in [3.05, 3.63) is 23.3 Å². The van der Waals surface area contributed by atoms with Gasteiger partial charge in [-0.1, -0.05) is 18.3 Å². The number of aliphatic hydroxyl groups is 3. The van der Waals surface area contributed by atoms with Crippen molar-refractivity contribution < 1.29 is 34.7 Å². The summed E-state index contributed by atoms with van der Waals surface area (Å²) in [4.78, 5) is 22.4. The van der Waals surface area contributed by atoms with Gasteiger partial charge >= 0.3 is 5.97 Å². The van der Waals surface area contributed by atoms with Crippen molar-refractivity contribution in [2.45, 2.75) is 108 Å². The molecule has 3 saturated heterocycles. The largest absolute Gasteiger partial charge is 0.504 e. The molecule has 292 valence electrons. The number of phenols is 1. The van der Waals surface area contributed by atoms with Gasteiger partial charge in [0.15, 0.2) is 23.7 Å². The van der Waals surface area contributed by atoms with Crippen LogP contribution in [-0.4, -0.2) is 119 Å². The van der Waals surface area contributed by atoms with E-state index in [1.54, 1.807) is 6.07 Å². The molecule has 1 spiro atoms. The van der Waals surface area contributed by atoms with Crippen LogP contribution in [-0.2, 0) is 16.0 Å².